The molecule has 0 saturated carbocycles. The van der Waals surface area contributed by atoms with E-state index in [2.05, 4.69) is 11.8 Å². The van der Waals surface area contributed by atoms with Gasteiger partial charge in [-0.1, -0.05) is 24.8 Å². The molecule has 0 heterocycles. The molecule has 0 spiro atoms. The summed E-state index contributed by atoms with van der Waals surface area (Å²) in [5.74, 6) is 5.61. The number of nitrogens with two attached hydrogens (primary N) is 1. The zero-order chi connectivity index (χ0) is 15.3. The molecule has 1 aromatic rings. The van der Waals surface area contributed by atoms with Crippen molar-refractivity contribution < 1.29 is 8.42 Å². The van der Waals surface area contributed by atoms with Crippen molar-refractivity contribution >= 4 is 10.0 Å². The Labute approximate surface area is 122 Å². The normalized spacial score (nSPS) is 11.6. The molecule has 110 valence electrons. The maximum absolute atomic E-state index is 12.7. The van der Waals surface area contributed by atoms with Gasteiger partial charge in [0.25, 0.3) is 0 Å². The molecule has 1 aromatic carbocycles. The molecule has 1 rings (SSSR count). The molecule has 0 aliphatic rings. The predicted molar refractivity (Wildman–Crippen MR) is 81.8 cm³/mol. The second-order valence-electron chi connectivity index (χ2n) is 4.79. The van der Waals surface area contributed by atoms with Crippen molar-refractivity contribution in [2.45, 2.75) is 38.6 Å². The summed E-state index contributed by atoms with van der Waals surface area (Å²) in [6, 6.07) is 5.13. The molecule has 0 amide bonds. The predicted octanol–water partition coefficient (Wildman–Crippen LogP) is 1.72. The van der Waals surface area contributed by atoms with Gasteiger partial charge >= 0.3 is 0 Å². The third kappa shape index (κ3) is 3.60. The molecule has 0 aliphatic heterocycles. The topological polar surface area (TPSA) is 63.4 Å². The van der Waals surface area contributed by atoms with Gasteiger partial charge in [-0.2, -0.15) is 4.31 Å². The minimum absolute atomic E-state index is 0.0804. The van der Waals surface area contributed by atoms with Crippen molar-refractivity contribution in [2.75, 3.05) is 13.1 Å². The summed E-state index contributed by atoms with van der Waals surface area (Å²) in [5, 5.41) is 0. The molecule has 0 aliphatic carbocycles. The third-order valence-corrected chi connectivity index (χ3v) is 5.29. The minimum Gasteiger partial charge on any atom is -0.320 e. The number of hydrogen-bond acceptors (Lipinski definition) is 3. The highest BCUT2D eigenvalue weighted by Crippen LogP contribution is 2.22. The molecule has 5 heteroatoms. The van der Waals surface area contributed by atoms with Gasteiger partial charge in [0.2, 0.25) is 10.0 Å². The molecule has 0 saturated heterocycles. The molecule has 0 radical (unpaired) electrons. The van der Waals surface area contributed by atoms with Crippen molar-refractivity contribution in [1.29, 1.82) is 0 Å². The summed E-state index contributed by atoms with van der Waals surface area (Å²) >= 11 is 0. The molecule has 0 unspecified atom stereocenters. The van der Waals surface area contributed by atoms with Gasteiger partial charge in [0.05, 0.1) is 11.4 Å². The van der Waals surface area contributed by atoms with Gasteiger partial charge in [-0.05, 0) is 38.5 Å². The molecule has 0 atom stereocenters. The lowest BCUT2D eigenvalue weighted by molar-refractivity contribution is 0.369. The standard InChI is InChI=1S/C15H22N2O2S/c1-5-17(12(2)3)20(18,19)15-11-14(7-6-10-16)9-8-13(15)4/h8-9,11-12H,5,10,16H2,1-4H3. The van der Waals surface area contributed by atoms with Crippen LogP contribution in [0.5, 0.6) is 0 Å². The van der Waals surface area contributed by atoms with Crippen LogP contribution in [0.15, 0.2) is 23.1 Å². The van der Waals surface area contributed by atoms with E-state index in [0.717, 1.165) is 5.56 Å². The Morgan fingerprint density at radius 2 is 2.00 bits per heavy atom. The van der Waals surface area contributed by atoms with E-state index in [-0.39, 0.29) is 12.6 Å². The quantitative estimate of drug-likeness (QED) is 0.860. The second-order valence-corrected chi connectivity index (χ2v) is 6.65. The highest BCUT2D eigenvalue weighted by atomic mass is 32.2. The summed E-state index contributed by atoms with van der Waals surface area (Å²) in [6.07, 6.45) is 0. The van der Waals surface area contributed by atoms with Gasteiger partial charge < -0.3 is 5.73 Å². The number of rotatable bonds is 4. The third-order valence-electron chi connectivity index (χ3n) is 3.00. The lowest BCUT2D eigenvalue weighted by atomic mass is 10.1. The number of hydrogen-bond donors (Lipinski definition) is 1. The van der Waals surface area contributed by atoms with Crippen LogP contribution in [0, 0.1) is 18.8 Å². The van der Waals surface area contributed by atoms with E-state index in [1.165, 1.54) is 4.31 Å². The number of aryl methyl sites for hydroxylation is 1. The molecule has 0 bridgehead atoms. The van der Waals surface area contributed by atoms with E-state index in [1.807, 2.05) is 26.8 Å². The fourth-order valence-electron chi connectivity index (χ4n) is 2.05. The van der Waals surface area contributed by atoms with Gasteiger partial charge in [0.1, 0.15) is 0 Å². The lowest BCUT2D eigenvalue weighted by Crippen LogP contribution is -2.37. The fraction of sp³-hybridized carbons (Fsp3) is 0.467. The second kappa shape index (κ2) is 6.89. The maximum atomic E-state index is 12.7. The van der Waals surface area contributed by atoms with Crippen molar-refractivity contribution in [3.63, 3.8) is 0 Å². The van der Waals surface area contributed by atoms with Crippen LogP contribution >= 0.6 is 0 Å². The molecule has 4 nitrogen and oxygen atoms in total. The van der Waals surface area contributed by atoms with Crippen LogP contribution in [0.25, 0.3) is 0 Å². The largest absolute Gasteiger partial charge is 0.320 e. The van der Waals surface area contributed by atoms with Gasteiger partial charge in [-0.15, -0.1) is 0 Å². The summed E-state index contributed by atoms with van der Waals surface area (Å²) in [7, 11) is -3.49. The highest BCUT2D eigenvalue weighted by Gasteiger charge is 2.27. The monoisotopic (exact) mass is 294 g/mol. The van der Waals surface area contributed by atoms with Crippen LogP contribution in [-0.4, -0.2) is 31.9 Å². The number of benzene rings is 1. The van der Waals surface area contributed by atoms with Crippen molar-refractivity contribution in [2.24, 2.45) is 5.73 Å². The molecule has 20 heavy (non-hydrogen) atoms. The molecule has 0 fully saturated rings. The van der Waals surface area contributed by atoms with Crippen molar-refractivity contribution in [3.05, 3.63) is 29.3 Å². The van der Waals surface area contributed by atoms with E-state index in [1.54, 1.807) is 19.1 Å². The molecule has 2 N–H and O–H groups in total. The Morgan fingerprint density at radius 1 is 1.35 bits per heavy atom. The minimum atomic E-state index is -3.49. The highest BCUT2D eigenvalue weighted by molar-refractivity contribution is 7.89. The fourth-order valence-corrected chi connectivity index (χ4v) is 3.95. The van der Waals surface area contributed by atoms with Crippen LogP contribution in [0.2, 0.25) is 0 Å². The SMILES string of the molecule is CCN(C(C)C)S(=O)(=O)c1cc(C#CCN)ccc1C. The van der Waals surface area contributed by atoms with E-state index < -0.39 is 10.0 Å². The van der Waals surface area contributed by atoms with Crippen LogP contribution in [0.3, 0.4) is 0 Å². The Balaban J connectivity index is 3.37. The van der Waals surface area contributed by atoms with Crippen molar-refractivity contribution in [1.82, 2.24) is 4.31 Å². The number of sulfonamides is 1. The smallest absolute Gasteiger partial charge is 0.243 e. The van der Waals surface area contributed by atoms with E-state index >= 15 is 0 Å². The first kappa shape index (κ1) is 16.7. The number of nitrogens with zero attached hydrogens (tertiary/aromatic N) is 1. The first-order valence-corrected chi connectivity index (χ1v) is 8.10. The van der Waals surface area contributed by atoms with Gasteiger partial charge in [0.15, 0.2) is 0 Å². The average molecular weight is 294 g/mol. The van der Waals surface area contributed by atoms with Crippen LogP contribution in [-0.2, 0) is 10.0 Å². The lowest BCUT2D eigenvalue weighted by Gasteiger charge is -2.25. The zero-order valence-corrected chi connectivity index (χ0v) is 13.3. The van der Waals surface area contributed by atoms with Crippen LogP contribution in [0.4, 0.5) is 0 Å². The molecule has 0 aromatic heterocycles. The van der Waals surface area contributed by atoms with Crippen molar-refractivity contribution in [3.8, 4) is 11.8 Å². The summed E-state index contributed by atoms with van der Waals surface area (Å²) in [5.41, 5.74) is 6.73. The van der Waals surface area contributed by atoms with Gasteiger partial charge in [-0.25, -0.2) is 8.42 Å². The summed E-state index contributed by atoms with van der Waals surface area (Å²) in [4.78, 5) is 0.317. The van der Waals surface area contributed by atoms with Crippen LogP contribution in [0.1, 0.15) is 31.9 Å². The summed E-state index contributed by atoms with van der Waals surface area (Å²) in [6.45, 7) is 8.07. The van der Waals surface area contributed by atoms with E-state index in [0.29, 0.717) is 17.0 Å². The Hall–Kier alpha value is -1.35. The Kier molecular flexibility index (Phi) is 5.75. The van der Waals surface area contributed by atoms with Gasteiger partial charge in [-0.3, -0.25) is 0 Å². The molecular weight excluding hydrogens is 272 g/mol. The van der Waals surface area contributed by atoms with E-state index in [4.69, 9.17) is 5.73 Å². The van der Waals surface area contributed by atoms with Gasteiger partial charge in [0, 0.05) is 18.2 Å². The Bertz CT molecular complexity index is 625. The zero-order valence-electron chi connectivity index (χ0n) is 12.5. The average Bonchev–Trinajstić information content (AvgIpc) is 2.37. The maximum Gasteiger partial charge on any atom is 0.243 e. The first-order chi connectivity index (χ1) is 9.34. The van der Waals surface area contributed by atoms with E-state index in [9.17, 15) is 8.42 Å². The summed E-state index contributed by atoms with van der Waals surface area (Å²) < 4.78 is 26.9. The van der Waals surface area contributed by atoms with Crippen LogP contribution < -0.4 is 5.73 Å². The molecular formula is C15H22N2O2S. The Morgan fingerprint density at radius 3 is 2.50 bits per heavy atom. The first-order valence-electron chi connectivity index (χ1n) is 6.66.